The van der Waals surface area contributed by atoms with Crippen LogP contribution in [-0.4, -0.2) is 34.6 Å². The highest BCUT2D eigenvalue weighted by molar-refractivity contribution is 6.30. The first-order valence-electron chi connectivity index (χ1n) is 8.03. The average molecular weight is 372 g/mol. The van der Waals surface area contributed by atoms with Crippen LogP contribution < -0.4 is 4.74 Å². The first-order chi connectivity index (χ1) is 12.5. The molecule has 6 nitrogen and oxygen atoms in total. The van der Waals surface area contributed by atoms with E-state index < -0.39 is 0 Å². The third-order valence-electron chi connectivity index (χ3n) is 3.72. The minimum atomic E-state index is -0.199. The van der Waals surface area contributed by atoms with Crippen molar-refractivity contribution in [1.82, 2.24) is 15.0 Å². The monoisotopic (exact) mass is 371 g/mol. The van der Waals surface area contributed by atoms with Crippen LogP contribution in [0.3, 0.4) is 0 Å². The average Bonchev–Trinajstić information content (AvgIpc) is 3.09. The van der Waals surface area contributed by atoms with Crippen molar-refractivity contribution in [2.45, 2.75) is 13.5 Å². The van der Waals surface area contributed by atoms with Gasteiger partial charge in [0.1, 0.15) is 5.75 Å². The molecule has 7 heteroatoms. The van der Waals surface area contributed by atoms with Gasteiger partial charge in [-0.1, -0.05) is 40.5 Å². The van der Waals surface area contributed by atoms with Crippen LogP contribution >= 0.6 is 11.6 Å². The van der Waals surface area contributed by atoms with Crippen LogP contribution in [0.15, 0.2) is 53.1 Å². The lowest BCUT2D eigenvalue weighted by atomic mass is 10.1. The van der Waals surface area contributed by atoms with Gasteiger partial charge in [0, 0.05) is 17.6 Å². The van der Waals surface area contributed by atoms with Crippen LogP contribution in [0.5, 0.6) is 5.75 Å². The van der Waals surface area contributed by atoms with Crippen LogP contribution in [0.2, 0.25) is 5.02 Å². The summed E-state index contributed by atoms with van der Waals surface area (Å²) in [6.45, 7) is 2.12. The molecule has 0 unspecified atom stereocenters. The number of ether oxygens (including phenoxy) is 1. The van der Waals surface area contributed by atoms with E-state index in [0.29, 0.717) is 22.5 Å². The molecule has 1 heterocycles. The number of aromatic nitrogens is 2. The maximum atomic E-state index is 12.2. The van der Waals surface area contributed by atoms with E-state index in [1.807, 2.05) is 31.2 Å². The molecule has 0 bridgehead atoms. The van der Waals surface area contributed by atoms with Crippen molar-refractivity contribution in [3.63, 3.8) is 0 Å². The Labute approximate surface area is 156 Å². The number of benzene rings is 2. The molecule has 0 atom stereocenters. The highest BCUT2D eigenvalue weighted by Crippen LogP contribution is 2.18. The van der Waals surface area contributed by atoms with Crippen molar-refractivity contribution in [3.8, 4) is 17.1 Å². The van der Waals surface area contributed by atoms with Crippen molar-refractivity contribution >= 4 is 17.5 Å². The summed E-state index contributed by atoms with van der Waals surface area (Å²) in [6.07, 6.45) is 0. The van der Waals surface area contributed by atoms with Crippen molar-refractivity contribution in [1.29, 1.82) is 0 Å². The van der Waals surface area contributed by atoms with Crippen molar-refractivity contribution < 1.29 is 14.1 Å². The second-order valence-electron chi connectivity index (χ2n) is 5.87. The summed E-state index contributed by atoms with van der Waals surface area (Å²) in [4.78, 5) is 18.0. The van der Waals surface area contributed by atoms with Crippen molar-refractivity contribution in [3.05, 3.63) is 65.0 Å². The molecule has 3 aromatic rings. The summed E-state index contributed by atoms with van der Waals surface area (Å²) < 4.78 is 10.7. The Bertz CT molecular complexity index is 893. The normalized spacial score (nSPS) is 10.6. The maximum Gasteiger partial charge on any atom is 0.260 e. The third kappa shape index (κ3) is 4.61. The van der Waals surface area contributed by atoms with E-state index in [1.54, 1.807) is 31.3 Å². The minimum absolute atomic E-state index is 0.0863. The number of likely N-dealkylation sites (N-methyl/N-ethyl adjacent to an activating group) is 1. The van der Waals surface area contributed by atoms with Gasteiger partial charge >= 0.3 is 0 Å². The molecule has 0 aliphatic heterocycles. The molecule has 0 saturated carbocycles. The smallest absolute Gasteiger partial charge is 0.260 e. The van der Waals surface area contributed by atoms with E-state index in [4.69, 9.17) is 20.9 Å². The van der Waals surface area contributed by atoms with Gasteiger partial charge in [-0.05, 0) is 37.3 Å². The largest absolute Gasteiger partial charge is 0.484 e. The Kier molecular flexibility index (Phi) is 5.53. The van der Waals surface area contributed by atoms with Gasteiger partial charge in [-0.25, -0.2) is 0 Å². The van der Waals surface area contributed by atoms with Crippen molar-refractivity contribution in [2.24, 2.45) is 0 Å². The molecule has 2 aromatic carbocycles. The SMILES string of the molecule is Cc1cccc(-c2noc(CN(C)C(=O)COc3ccc(Cl)cc3)n2)c1. The molecule has 134 valence electrons. The van der Waals surface area contributed by atoms with Gasteiger partial charge in [0.05, 0.1) is 6.54 Å². The van der Waals surface area contributed by atoms with E-state index in [2.05, 4.69) is 10.1 Å². The number of halogens is 1. The van der Waals surface area contributed by atoms with E-state index >= 15 is 0 Å². The fourth-order valence-corrected chi connectivity index (χ4v) is 2.42. The van der Waals surface area contributed by atoms with Crippen molar-refractivity contribution in [2.75, 3.05) is 13.7 Å². The van der Waals surface area contributed by atoms with Crippen LogP contribution in [-0.2, 0) is 11.3 Å². The zero-order valence-corrected chi connectivity index (χ0v) is 15.2. The number of rotatable bonds is 6. The zero-order chi connectivity index (χ0) is 18.5. The predicted molar refractivity (Wildman–Crippen MR) is 97.9 cm³/mol. The lowest BCUT2D eigenvalue weighted by molar-refractivity contribution is -0.132. The molecule has 3 rings (SSSR count). The number of hydrogen-bond acceptors (Lipinski definition) is 5. The van der Waals surface area contributed by atoms with E-state index in [-0.39, 0.29) is 19.1 Å². The molecule has 26 heavy (non-hydrogen) atoms. The number of amides is 1. The number of hydrogen-bond donors (Lipinski definition) is 0. The van der Waals surface area contributed by atoms with Gasteiger partial charge in [-0.3, -0.25) is 4.79 Å². The topological polar surface area (TPSA) is 68.5 Å². The van der Waals surface area contributed by atoms with Crippen LogP contribution in [0.4, 0.5) is 0 Å². The predicted octanol–water partition coefficient (Wildman–Crippen LogP) is 3.74. The number of carbonyl (C=O) groups is 1. The number of carbonyl (C=O) groups excluding carboxylic acids is 1. The molecule has 0 radical (unpaired) electrons. The fraction of sp³-hybridized carbons (Fsp3) is 0.211. The maximum absolute atomic E-state index is 12.2. The zero-order valence-electron chi connectivity index (χ0n) is 14.5. The molecule has 0 N–H and O–H groups in total. The van der Waals surface area contributed by atoms with Gasteiger partial charge in [-0.15, -0.1) is 0 Å². The Hall–Kier alpha value is -2.86. The lowest BCUT2D eigenvalue weighted by Crippen LogP contribution is -2.31. The van der Waals surface area contributed by atoms with E-state index in [9.17, 15) is 4.79 Å². The molecule has 1 aromatic heterocycles. The molecule has 1 amide bonds. The fourth-order valence-electron chi connectivity index (χ4n) is 2.30. The highest BCUT2D eigenvalue weighted by atomic mass is 35.5. The van der Waals surface area contributed by atoms with Gasteiger partial charge in [0.15, 0.2) is 6.61 Å². The Morgan fingerprint density at radius 2 is 2.00 bits per heavy atom. The second-order valence-corrected chi connectivity index (χ2v) is 6.31. The molecular weight excluding hydrogens is 354 g/mol. The number of nitrogens with zero attached hydrogens (tertiary/aromatic N) is 3. The molecular formula is C19H18ClN3O3. The summed E-state index contributed by atoms with van der Waals surface area (Å²) >= 11 is 5.82. The second kappa shape index (κ2) is 8.01. The Morgan fingerprint density at radius 3 is 2.73 bits per heavy atom. The van der Waals surface area contributed by atoms with Gasteiger partial charge < -0.3 is 14.2 Å². The summed E-state index contributed by atoms with van der Waals surface area (Å²) in [5.74, 6) is 1.25. The standard InChI is InChI=1S/C19H18ClN3O3/c1-13-4-3-5-14(10-13)19-21-17(26-22-19)11-23(2)18(24)12-25-16-8-6-15(20)7-9-16/h3-10H,11-12H2,1-2H3. The third-order valence-corrected chi connectivity index (χ3v) is 3.97. The summed E-state index contributed by atoms with van der Waals surface area (Å²) in [5, 5.41) is 4.59. The Morgan fingerprint density at radius 1 is 1.23 bits per heavy atom. The summed E-state index contributed by atoms with van der Waals surface area (Å²) in [6, 6.07) is 14.7. The Balaban J connectivity index is 1.56. The minimum Gasteiger partial charge on any atom is -0.484 e. The van der Waals surface area contributed by atoms with Crippen LogP contribution in [0.1, 0.15) is 11.5 Å². The first-order valence-corrected chi connectivity index (χ1v) is 8.41. The number of aryl methyl sites for hydroxylation is 1. The van der Waals surface area contributed by atoms with Crippen LogP contribution in [0.25, 0.3) is 11.4 Å². The molecule has 0 spiro atoms. The lowest BCUT2D eigenvalue weighted by Gasteiger charge is -2.15. The summed E-state index contributed by atoms with van der Waals surface area (Å²) in [5.41, 5.74) is 1.99. The van der Waals surface area contributed by atoms with E-state index in [0.717, 1.165) is 11.1 Å². The molecule has 0 saturated heterocycles. The van der Waals surface area contributed by atoms with E-state index in [1.165, 1.54) is 4.90 Å². The highest BCUT2D eigenvalue weighted by Gasteiger charge is 2.15. The van der Waals surface area contributed by atoms with Gasteiger partial charge in [0.2, 0.25) is 11.7 Å². The van der Waals surface area contributed by atoms with Gasteiger partial charge in [0.25, 0.3) is 5.91 Å². The van der Waals surface area contributed by atoms with Gasteiger partial charge in [-0.2, -0.15) is 4.98 Å². The molecule has 0 aliphatic rings. The van der Waals surface area contributed by atoms with Crippen LogP contribution in [0, 0.1) is 6.92 Å². The molecule has 0 fully saturated rings. The first kappa shape index (κ1) is 17.9. The summed E-state index contributed by atoms with van der Waals surface area (Å²) in [7, 11) is 1.66. The molecule has 0 aliphatic carbocycles. The quantitative estimate of drug-likeness (QED) is 0.660.